The number of amides is 3. The number of hydrogen-bond donors (Lipinski definition) is 3. The highest BCUT2D eigenvalue weighted by Gasteiger charge is 2.40. The third-order valence-electron chi connectivity index (χ3n) is 12.6. The van der Waals surface area contributed by atoms with E-state index in [2.05, 4.69) is 87.1 Å². The molecule has 0 radical (unpaired) electrons. The number of hydrogen-bond acceptors (Lipinski definition) is 6. The lowest BCUT2D eigenvalue weighted by molar-refractivity contribution is -0.139. The van der Waals surface area contributed by atoms with Gasteiger partial charge in [0.2, 0.25) is 11.8 Å². The minimum Gasteiger partial charge on any atom is -0.465 e. The van der Waals surface area contributed by atoms with Crippen molar-refractivity contribution < 1.29 is 19.5 Å². The van der Waals surface area contributed by atoms with Gasteiger partial charge >= 0.3 is 6.09 Å². The molecule has 0 bridgehead atoms. The number of carbonyl (C=O) groups excluding carboxylic acids is 2. The smallest absolute Gasteiger partial charge is 0.407 e. The van der Waals surface area contributed by atoms with Crippen molar-refractivity contribution in [2.75, 3.05) is 33.2 Å². The standard InChI is InChI=1S/C44H58N8O4/c1-6-50(7-2)34-22-20-33(21-23-34)42(53)51-24-8-10-37(51)40-45-26-35(47-40)31-16-12-29(13-17-31)30-14-18-32(19-15-30)36-27-46-41(48-36)38-11-9-25-52(38)43(54)39(28(3)4)49(5)44(55)56/h12-19,26-28,33-34,37-39H,6-11,20-25H2,1-5H3,(H,45,47)(H,46,48)(H,55,56)/t33-,34+,37-,38-,39-/m0/s1. The molecule has 1 aliphatic carbocycles. The van der Waals surface area contributed by atoms with Crippen LogP contribution in [0.25, 0.3) is 33.6 Å². The first-order chi connectivity index (χ1) is 27.1. The molecule has 3 fully saturated rings. The number of likely N-dealkylation sites (N-methyl/N-ethyl adjacent to an activating group) is 1. The summed E-state index contributed by atoms with van der Waals surface area (Å²) in [5, 5.41) is 9.59. The van der Waals surface area contributed by atoms with Crippen LogP contribution in [0.3, 0.4) is 0 Å². The zero-order valence-corrected chi connectivity index (χ0v) is 33.6. The molecule has 2 aliphatic heterocycles. The van der Waals surface area contributed by atoms with E-state index in [0.29, 0.717) is 24.3 Å². The van der Waals surface area contributed by atoms with E-state index < -0.39 is 12.1 Å². The third-order valence-corrected chi connectivity index (χ3v) is 12.6. The summed E-state index contributed by atoms with van der Waals surface area (Å²) in [6, 6.07) is 16.4. The monoisotopic (exact) mass is 762 g/mol. The third kappa shape index (κ3) is 7.98. The number of H-pyrrole nitrogens is 2. The van der Waals surface area contributed by atoms with Crippen molar-refractivity contribution in [3.63, 3.8) is 0 Å². The minimum absolute atomic E-state index is 0.00292. The van der Waals surface area contributed by atoms with Crippen LogP contribution < -0.4 is 0 Å². The van der Waals surface area contributed by atoms with Gasteiger partial charge in [0.25, 0.3) is 0 Å². The Morgan fingerprint density at radius 3 is 1.66 bits per heavy atom. The molecule has 3 atom stereocenters. The predicted octanol–water partition coefficient (Wildman–Crippen LogP) is 8.00. The molecule has 3 N–H and O–H groups in total. The van der Waals surface area contributed by atoms with E-state index in [1.165, 1.54) is 7.05 Å². The van der Waals surface area contributed by atoms with E-state index in [4.69, 9.17) is 4.98 Å². The zero-order chi connectivity index (χ0) is 39.5. The van der Waals surface area contributed by atoms with Crippen LogP contribution in [0, 0.1) is 11.8 Å². The van der Waals surface area contributed by atoms with E-state index in [0.717, 1.165) is 115 Å². The summed E-state index contributed by atoms with van der Waals surface area (Å²) < 4.78 is 0. The highest BCUT2D eigenvalue weighted by atomic mass is 16.4. The molecule has 12 heteroatoms. The number of imidazole rings is 2. The molecule has 3 amide bonds. The summed E-state index contributed by atoms with van der Waals surface area (Å²) in [4.78, 5) is 63.1. The van der Waals surface area contributed by atoms with Gasteiger partial charge in [-0.25, -0.2) is 14.8 Å². The topological polar surface area (TPSA) is 142 Å². The van der Waals surface area contributed by atoms with Crippen LogP contribution in [0.15, 0.2) is 60.9 Å². The molecule has 2 aromatic heterocycles. The SMILES string of the molecule is CCN(CC)[C@H]1CC[C@@H](C(=O)N2CCC[C@H]2c2ncc(-c3ccc(-c4ccc(-c5cnc([C@@H]6CCCN6C(=O)[C@H](C(C)C)N(C)C(=O)O)[nH]5)cc4)cc3)[nH]2)CC1. The second kappa shape index (κ2) is 17.0. The van der Waals surface area contributed by atoms with Gasteiger partial charge in [-0.15, -0.1) is 0 Å². The van der Waals surface area contributed by atoms with Gasteiger partial charge in [-0.2, -0.15) is 0 Å². The molecule has 4 heterocycles. The van der Waals surface area contributed by atoms with E-state index in [1.54, 1.807) is 11.1 Å². The minimum atomic E-state index is -1.11. The number of aromatic amines is 2. The molecule has 4 aromatic rings. The van der Waals surface area contributed by atoms with Crippen molar-refractivity contribution >= 4 is 17.9 Å². The summed E-state index contributed by atoms with van der Waals surface area (Å²) in [5.41, 5.74) is 6.04. The number of likely N-dealkylation sites (tertiary alicyclic amines) is 2. The van der Waals surface area contributed by atoms with Crippen LogP contribution in [0.1, 0.15) is 103 Å². The number of rotatable bonds is 12. The predicted molar refractivity (Wildman–Crippen MR) is 217 cm³/mol. The molecular weight excluding hydrogens is 705 g/mol. The maximum absolute atomic E-state index is 13.8. The molecule has 2 saturated heterocycles. The van der Waals surface area contributed by atoms with E-state index in [1.807, 2.05) is 20.0 Å². The van der Waals surface area contributed by atoms with Crippen LogP contribution in [0.5, 0.6) is 0 Å². The Morgan fingerprint density at radius 2 is 1.20 bits per heavy atom. The number of benzene rings is 2. The largest absolute Gasteiger partial charge is 0.465 e. The molecule has 1 saturated carbocycles. The zero-order valence-electron chi connectivity index (χ0n) is 33.6. The Hall–Kier alpha value is -4.97. The molecular formula is C44H58N8O4. The maximum atomic E-state index is 13.8. The molecule has 2 aromatic carbocycles. The number of nitrogens with zero attached hydrogens (tertiary/aromatic N) is 6. The molecule has 56 heavy (non-hydrogen) atoms. The second-order valence-electron chi connectivity index (χ2n) is 16.2. The van der Waals surface area contributed by atoms with Crippen LogP contribution in [0.2, 0.25) is 0 Å². The Labute approximate surface area is 330 Å². The number of nitrogens with one attached hydrogen (secondary N) is 2. The summed E-state index contributed by atoms with van der Waals surface area (Å²) in [5.74, 6) is 1.68. The van der Waals surface area contributed by atoms with E-state index >= 15 is 0 Å². The van der Waals surface area contributed by atoms with Gasteiger partial charge < -0.3 is 29.8 Å². The maximum Gasteiger partial charge on any atom is 0.407 e. The molecule has 12 nitrogen and oxygen atoms in total. The molecule has 298 valence electrons. The van der Waals surface area contributed by atoms with E-state index in [-0.39, 0.29) is 29.8 Å². The Bertz CT molecular complexity index is 1960. The van der Waals surface area contributed by atoms with Gasteiger partial charge in [0.15, 0.2) is 0 Å². The molecule has 0 spiro atoms. The number of aromatic nitrogens is 4. The van der Waals surface area contributed by atoms with Crippen molar-refractivity contribution in [3.8, 4) is 33.6 Å². The van der Waals surface area contributed by atoms with Gasteiger partial charge in [0.1, 0.15) is 17.7 Å². The highest BCUT2D eigenvalue weighted by molar-refractivity contribution is 5.86. The lowest BCUT2D eigenvalue weighted by atomic mass is 9.84. The average Bonchev–Trinajstić information content (AvgIpc) is 4.05. The number of carboxylic acid groups (broad SMARTS) is 1. The van der Waals surface area contributed by atoms with Crippen molar-refractivity contribution in [1.82, 2.24) is 39.5 Å². The molecule has 0 unspecified atom stereocenters. The van der Waals surface area contributed by atoms with Gasteiger partial charge in [0, 0.05) is 32.1 Å². The summed E-state index contributed by atoms with van der Waals surface area (Å²) >= 11 is 0. The van der Waals surface area contributed by atoms with Crippen molar-refractivity contribution in [2.45, 2.75) is 103 Å². The van der Waals surface area contributed by atoms with Crippen molar-refractivity contribution in [1.29, 1.82) is 0 Å². The Kier molecular flexibility index (Phi) is 11.9. The molecule has 3 aliphatic rings. The van der Waals surface area contributed by atoms with Gasteiger partial charge in [0.05, 0.1) is 35.9 Å². The fourth-order valence-electron chi connectivity index (χ4n) is 9.47. The van der Waals surface area contributed by atoms with Crippen molar-refractivity contribution in [3.05, 3.63) is 72.6 Å². The van der Waals surface area contributed by atoms with Crippen LogP contribution in [-0.2, 0) is 9.59 Å². The lowest BCUT2D eigenvalue weighted by Gasteiger charge is -2.37. The van der Waals surface area contributed by atoms with Crippen LogP contribution in [0.4, 0.5) is 4.79 Å². The number of carbonyl (C=O) groups is 3. The fraction of sp³-hybridized carbons (Fsp3) is 0.523. The van der Waals surface area contributed by atoms with Crippen LogP contribution in [-0.4, -0.2) is 108 Å². The lowest BCUT2D eigenvalue weighted by Crippen LogP contribution is -2.51. The van der Waals surface area contributed by atoms with Gasteiger partial charge in [-0.3, -0.25) is 14.5 Å². The first-order valence-electron chi connectivity index (χ1n) is 20.7. The first kappa shape index (κ1) is 39.3. The normalized spacial score (nSPS) is 21.9. The first-order valence-corrected chi connectivity index (χ1v) is 20.7. The van der Waals surface area contributed by atoms with Gasteiger partial charge in [-0.1, -0.05) is 76.2 Å². The average molecular weight is 763 g/mol. The fourth-order valence-corrected chi connectivity index (χ4v) is 9.47. The van der Waals surface area contributed by atoms with Crippen LogP contribution >= 0.6 is 0 Å². The van der Waals surface area contributed by atoms with Crippen molar-refractivity contribution in [2.24, 2.45) is 11.8 Å². The second-order valence-corrected chi connectivity index (χ2v) is 16.2. The Balaban J connectivity index is 0.975. The summed E-state index contributed by atoms with van der Waals surface area (Å²) in [7, 11) is 1.46. The quantitative estimate of drug-likeness (QED) is 0.133. The Morgan fingerprint density at radius 1 is 0.732 bits per heavy atom. The highest BCUT2D eigenvalue weighted by Crippen LogP contribution is 2.37. The molecule has 7 rings (SSSR count). The van der Waals surface area contributed by atoms with E-state index in [9.17, 15) is 19.5 Å². The summed E-state index contributed by atoms with van der Waals surface area (Å²) in [6.07, 6.45) is 10.3. The van der Waals surface area contributed by atoms with Gasteiger partial charge in [-0.05, 0) is 92.6 Å². The summed E-state index contributed by atoms with van der Waals surface area (Å²) in [6.45, 7) is 11.7.